The Morgan fingerprint density at radius 2 is 1.90 bits per heavy atom. The van der Waals surface area contributed by atoms with E-state index in [0.29, 0.717) is 23.5 Å². The van der Waals surface area contributed by atoms with Crippen molar-refractivity contribution >= 4 is 33.3 Å². The monoisotopic (exact) mass is 599 g/mol. The minimum absolute atomic E-state index is 0.0491. The average Bonchev–Trinajstić information content (AvgIpc) is 3.31. The molecule has 0 aliphatic carbocycles. The van der Waals surface area contributed by atoms with Gasteiger partial charge in [0.1, 0.15) is 17.5 Å². The number of ether oxygens (including phenoxy) is 1. The lowest BCUT2D eigenvalue weighted by molar-refractivity contribution is -0.134. The van der Waals surface area contributed by atoms with Gasteiger partial charge in [0.05, 0.1) is 25.6 Å². The van der Waals surface area contributed by atoms with Gasteiger partial charge in [0.25, 0.3) is 10.0 Å². The molecule has 0 saturated heterocycles. The molecule has 226 valence electrons. The van der Waals surface area contributed by atoms with Gasteiger partial charge in [0.15, 0.2) is 10.7 Å². The lowest BCUT2D eigenvalue weighted by Crippen LogP contribution is -2.48. The molecule has 3 aromatic rings. The number of sulfonamides is 1. The SMILES string of the molecule is Cc1noc(C)c1S(=O)(=O)Nc1ccc2c(c1)CC(=O)N([C@H](C)CO)C[C@@H](C)[C@@H](CN(C)C(=O)Nc1ccccc1)O2. The molecule has 2 aromatic carbocycles. The van der Waals surface area contributed by atoms with E-state index in [1.54, 1.807) is 49.2 Å². The van der Waals surface area contributed by atoms with Crippen LogP contribution in [0.1, 0.15) is 30.9 Å². The van der Waals surface area contributed by atoms with Crippen molar-refractivity contribution in [3.05, 3.63) is 65.5 Å². The summed E-state index contributed by atoms with van der Waals surface area (Å²) in [5, 5.41) is 16.5. The summed E-state index contributed by atoms with van der Waals surface area (Å²) in [6, 6.07) is 13.0. The van der Waals surface area contributed by atoms with E-state index in [1.165, 1.54) is 18.7 Å². The minimum atomic E-state index is -4.02. The molecule has 3 atom stereocenters. The van der Waals surface area contributed by atoms with Gasteiger partial charge >= 0.3 is 6.03 Å². The predicted octanol–water partition coefficient (Wildman–Crippen LogP) is 3.41. The number of nitrogens with zero attached hydrogens (tertiary/aromatic N) is 3. The Bertz CT molecular complexity index is 1510. The van der Waals surface area contributed by atoms with Crippen molar-refractivity contribution in [2.24, 2.45) is 5.92 Å². The van der Waals surface area contributed by atoms with Crippen molar-refractivity contribution in [3.8, 4) is 5.75 Å². The van der Waals surface area contributed by atoms with E-state index in [1.807, 2.05) is 25.1 Å². The minimum Gasteiger partial charge on any atom is -0.488 e. The Morgan fingerprint density at radius 3 is 2.55 bits per heavy atom. The molecule has 2 heterocycles. The summed E-state index contributed by atoms with van der Waals surface area (Å²) in [6.45, 7) is 7.00. The first-order valence-electron chi connectivity index (χ1n) is 13.6. The third kappa shape index (κ3) is 7.02. The van der Waals surface area contributed by atoms with Gasteiger partial charge in [-0.15, -0.1) is 0 Å². The molecule has 1 aliphatic heterocycles. The highest BCUT2D eigenvalue weighted by atomic mass is 32.2. The molecule has 1 aromatic heterocycles. The van der Waals surface area contributed by atoms with Crippen molar-refractivity contribution in [1.29, 1.82) is 0 Å². The van der Waals surface area contributed by atoms with Crippen LogP contribution >= 0.6 is 0 Å². The molecule has 42 heavy (non-hydrogen) atoms. The van der Waals surface area contributed by atoms with E-state index >= 15 is 0 Å². The normalized spacial score (nSPS) is 18.1. The van der Waals surface area contributed by atoms with E-state index in [9.17, 15) is 23.1 Å². The van der Waals surface area contributed by atoms with Gasteiger partial charge in [-0.05, 0) is 51.1 Å². The molecule has 0 spiro atoms. The van der Waals surface area contributed by atoms with E-state index in [2.05, 4.69) is 15.2 Å². The summed E-state index contributed by atoms with van der Waals surface area (Å²) in [6.07, 6.45) is -0.607. The number of para-hydroxylation sites is 1. The number of hydrogen-bond acceptors (Lipinski definition) is 8. The zero-order valence-corrected chi connectivity index (χ0v) is 25.1. The van der Waals surface area contributed by atoms with Crippen molar-refractivity contribution in [3.63, 3.8) is 0 Å². The van der Waals surface area contributed by atoms with E-state index in [4.69, 9.17) is 9.26 Å². The van der Waals surface area contributed by atoms with Gasteiger partial charge in [-0.2, -0.15) is 0 Å². The average molecular weight is 600 g/mol. The second-order valence-electron chi connectivity index (χ2n) is 10.6. The maximum absolute atomic E-state index is 13.5. The van der Waals surface area contributed by atoms with E-state index in [0.717, 1.165) is 0 Å². The van der Waals surface area contributed by atoms with Crippen LogP contribution in [0.2, 0.25) is 0 Å². The number of aliphatic hydroxyl groups is 1. The number of nitrogens with one attached hydrogen (secondary N) is 2. The second kappa shape index (κ2) is 12.8. The third-order valence-corrected chi connectivity index (χ3v) is 8.86. The Balaban J connectivity index is 1.63. The second-order valence-corrected chi connectivity index (χ2v) is 12.3. The van der Waals surface area contributed by atoms with Crippen LogP contribution in [0.5, 0.6) is 5.75 Å². The fraction of sp³-hybridized carbons (Fsp3) is 0.414. The fourth-order valence-corrected chi connectivity index (χ4v) is 6.25. The maximum atomic E-state index is 13.5. The van der Waals surface area contributed by atoms with Crippen LogP contribution in [0.3, 0.4) is 0 Å². The van der Waals surface area contributed by atoms with Crippen LogP contribution in [0, 0.1) is 19.8 Å². The predicted molar refractivity (Wildman–Crippen MR) is 157 cm³/mol. The fourth-order valence-electron chi connectivity index (χ4n) is 4.87. The van der Waals surface area contributed by atoms with E-state index in [-0.39, 0.29) is 59.5 Å². The maximum Gasteiger partial charge on any atom is 0.321 e. The number of rotatable bonds is 8. The molecule has 0 fully saturated rings. The zero-order chi connectivity index (χ0) is 30.6. The van der Waals surface area contributed by atoms with Crippen molar-refractivity contribution < 1.29 is 32.4 Å². The smallest absolute Gasteiger partial charge is 0.321 e. The number of aromatic nitrogens is 1. The highest BCUT2D eigenvalue weighted by Crippen LogP contribution is 2.31. The number of hydrogen-bond donors (Lipinski definition) is 3. The Morgan fingerprint density at radius 1 is 1.19 bits per heavy atom. The number of carbonyl (C=O) groups excluding carboxylic acids is 2. The summed E-state index contributed by atoms with van der Waals surface area (Å²) in [5.74, 6) is 0.0939. The number of benzene rings is 2. The molecular formula is C29H37N5O7S. The molecule has 13 heteroatoms. The van der Waals surface area contributed by atoms with Crippen molar-refractivity contribution in [2.45, 2.75) is 51.2 Å². The van der Waals surface area contributed by atoms with Crippen LogP contribution in [0.4, 0.5) is 16.2 Å². The highest BCUT2D eigenvalue weighted by Gasteiger charge is 2.32. The highest BCUT2D eigenvalue weighted by molar-refractivity contribution is 7.92. The molecule has 3 N–H and O–H groups in total. The standard InChI is InChI=1S/C29H37N5O7S/c1-18-15-34(19(2)17-35)27(36)14-22-13-24(32-42(38,39)28-20(3)31-41-21(28)4)11-12-25(22)40-26(18)16-33(5)29(37)30-23-9-7-6-8-10-23/h6-13,18-19,26,32,35H,14-17H2,1-5H3,(H,30,37)/t18-,19-,26-/m1/s1. The van der Waals surface area contributed by atoms with Gasteiger partial charge in [-0.1, -0.05) is 30.3 Å². The molecule has 0 bridgehead atoms. The Labute approximate surface area is 245 Å². The first-order valence-corrected chi connectivity index (χ1v) is 15.1. The first-order chi connectivity index (χ1) is 19.9. The van der Waals surface area contributed by atoms with Crippen molar-refractivity contribution in [1.82, 2.24) is 15.0 Å². The number of aliphatic hydroxyl groups excluding tert-OH is 1. The zero-order valence-electron chi connectivity index (χ0n) is 24.3. The van der Waals surface area contributed by atoms with Crippen LogP contribution in [-0.2, 0) is 21.2 Å². The first kappa shape index (κ1) is 30.8. The largest absolute Gasteiger partial charge is 0.488 e. The molecule has 3 amide bonds. The van der Waals surface area contributed by atoms with Gasteiger partial charge in [-0.25, -0.2) is 13.2 Å². The summed E-state index contributed by atoms with van der Waals surface area (Å²) in [5.41, 5.74) is 1.58. The molecule has 4 rings (SSSR count). The van der Waals surface area contributed by atoms with Crippen LogP contribution in [0.15, 0.2) is 57.9 Å². The van der Waals surface area contributed by atoms with Crippen molar-refractivity contribution in [2.75, 3.05) is 36.8 Å². The molecule has 0 saturated carbocycles. The number of aryl methyl sites for hydroxylation is 2. The van der Waals surface area contributed by atoms with E-state index < -0.39 is 22.2 Å². The van der Waals surface area contributed by atoms with Crippen LogP contribution in [0.25, 0.3) is 0 Å². The van der Waals surface area contributed by atoms with Gasteiger partial charge in [0.2, 0.25) is 5.91 Å². The summed E-state index contributed by atoms with van der Waals surface area (Å²) >= 11 is 0. The summed E-state index contributed by atoms with van der Waals surface area (Å²) < 4.78 is 40.2. The number of amides is 3. The third-order valence-electron chi connectivity index (χ3n) is 7.23. The molecule has 0 radical (unpaired) electrons. The van der Waals surface area contributed by atoms with Gasteiger partial charge in [0, 0.05) is 36.4 Å². The quantitative estimate of drug-likeness (QED) is 0.356. The molecule has 12 nitrogen and oxygen atoms in total. The Kier molecular flexibility index (Phi) is 9.42. The lowest BCUT2D eigenvalue weighted by atomic mass is 10.0. The van der Waals surface area contributed by atoms with Gasteiger partial charge in [-0.3, -0.25) is 9.52 Å². The van der Waals surface area contributed by atoms with Crippen LogP contribution in [-0.4, -0.2) is 79.3 Å². The number of urea groups is 1. The molecular weight excluding hydrogens is 562 g/mol. The molecule has 0 unspecified atom stereocenters. The Hall–Kier alpha value is -4.10. The number of carbonyl (C=O) groups is 2. The number of anilines is 2. The summed E-state index contributed by atoms with van der Waals surface area (Å²) in [4.78, 5) is 29.5. The summed E-state index contributed by atoms with van der Waals surface area (Å²) in [7, 11) is -2.36. The molecule has 1 aliphatic rings. The lowest BCUT2D eigenvalue weighted by Gasteiger charge is -2.34. The number of likely N-dealkylation sites (N-methyl/N-ethyl adjacent to an activating group) is 1. The van der Waals surface area contributed by atoms with Crippen LogP contribution < -0.4 is 14.8 Å². The number of fused-ring (bicyclic) bond motifs is 1. The topological polar surface area (TPSA) is 154 Å². The van der Waals surface area contributed by atoms with Gasteiger partial charge < -0.3 is 29.5 Å².